The Bertz CT molecular complexity index is 796. The van der Waals surface area contributed by atoms with Gasteiger partial charge >= 0.3 is 0 Å². The number of rotatable bonds is 3. The van der Waals surface area contributed by atoms with Crippen molar-refractivity contribution in [2.45, 2.75) is 56.5 Å². The van der Waals surface area contributed by atoms with Gasteiger partial charge in [-0.05, 0) is 25.3 Å². The summed E-state index contributed by atoms with van der Waals surface area (Å²) in [5.74, 6) is -1.37. The lowest BCUT2D eigenvalue weighted by Crippen LogP contribution is -2.49. The van der Waals surface area contributed by atoms with Gasteiger partial charge in [-0.15, -0.1) is 0 Å². The second-order valence-electron chi connectivity index (χ2n) is 7.15. The zero-order valence-electron chi connectivity index (χ0n) is 14.0. The van der Waals surface area contributed by atoms with Crippen LogP contribution in [0.1, 0.15) is 43.4 Å². The monoisotopic (exact) mass is 345 g/mol. The molecule has 4 nitrogen and oxygen atoms in total. The molecule has 0 bridgehead atoms. The van der Waals surface area contributed by atoms with Gasteiger partial charge in [-0.3, -0.25) is 4.79 Å². The van der Waals surface area contributed by atoms with Crippen LogP contribution < -0.4 is 5.32 Å². The van der Waals surface area contributed by atoms with Crippen molar-refractivity contribution < 1.29 is 13.6 Å². The van der Waals surface area contributed by atoms with Crippen LogP contribution in [0.5, 0.6) is 0 Å². The summed E-state index contributed by atoms with van der Waals surface area (Å²) < 4.78 is 29.8. The minimum atomic E-state index is -0.879. The van der Waals surface area contributed by atoms with E-state index < -0.39 is 17.0 Å². The third-order valence-electron chi connectivity index (χ3n) is 5.65. The number of hydrogen-bond acceptors (Lipinski definition) is 2. The van der Waals surface area contributed by atoms with E-state index in [0.29, 0.717) is 18.4 Å². The second-order valence-corrected chi connectivity index (χ2v) is 7.15. The predicted molar refractivity (Wildman–Crippen MR) is 89.0 cm³/mol. The molecule has 1 aromatic heterocycles. The molecular weight excluding hydrogens is 324 g/mol. The van der Waals surface area contributed by atoms with E-state index in [2.05, 4.69) is 14.9 Å². The molecule has 1 fully saturated rings. The molecule has 1 amide bonds. The summed E-state index contributed by atoms with van der Waals surface area (Å²) in [6, 6.07) is 3.58. The van der Waals surface area contributed by atoms with E-state index in [1.807, 2.05) is 6.20 Å². The Morgan fingerprint density at radius 3 is 2.84 bits per heavy atom. The second kappa shape index (κ2) is 6.24. The molecular formula is C19H21F2N3O. The molecule has 132 valence electrons. The molecule has 25 heavy (non-hydrogen) atoms. The van der Waals surface area contributed by atoms with Crippen LogP contribution in [0.4, 0.5) is 8.78 Å². The first-order valence-electron chi connectivity index (χ1n) is 8.84. The molecule has 0 unspecified atom stereocenters. The summed E-state index contributed by atoms with van der Waals surface area (Å²) in [5, 5.41) is 3.13. The highest BCUT2D eigenvalue weighted by Gasteiger charge is 2.45. The first kappa shape index (κ1) is 16.2. The van der Waals surface area contributed by atoms with Gasteiger partial charge in [-0.25, -0.2) is 13.8 Å². The number of amides is 1. The van der Waals surface area contributed by atoms with Crippen LogP contribution in [0.2, 0.25) is 0 Å². The van der Waals surface area contributed by atoms with Gasteiger partial charge in [0.1, 0.15) is 11.6 Å². The van der Waals surface area contributed by atoms with Gasteiger partial charge < -0.3 is 9.88 Å². The fourth-order valence-electron chi connectivity index (χ4n) is 4.29. The zero-order valence-corrected chi connectivity index (χ0v) is 14.0. The molecule has 0 saturated heterocycles. The number of nitrogens with one attached hydrogen (secondary N) is 1. The van der Waals surface area contributed by atoms with E-state index in [9.17, 15) is 13.6 Å². The number of halogens is 2. The molecule has 4 rings (SSSR count). The number of imidazole rings is 1. The van der Waals surface area contributed by atoms with Crippen LogP contribution >= 0.6 is 0 Å². The van der Waals surface area contributed by atoms with E-state index in [-0.39, 0.29) is 11.9 Å². The van der Waals surface area contributed by atoms with Gasteiger partial charge in [-0.2, -0.15) is 0 Å². The highest BCUT2D eigenvalue weighted by atomic mass is 19.1. The van der Waals surface area contributed by atoms with Gasteiger partial charge in [0.05, 0.1) is 11.7 Å². The first-order chi connectivity index (χ1) is 12.1. The molecule has 0 radical (unpaired) electrons. The maximum Gasteiger partial charge on any atom is 0.230 e. The standard InChI is InChI=1S/C19H21F2N3O/c20-13-3-4-16(17(21)9-13)19(6-1-2-7-19)18(25)23-14-5-8-24-12-22-11-15(24)10-14/h3-4,9,11-12,14H,1-2,5-8,10H2,(H,23,25)/t14-/m0/s1. The summed E-state index contributed by atoms with van der Waals surface area (Å²) in [7, 11) is 0. The van der Waals surface area contributed by atoms with Crippen molar-refractivity contribution in [3.8, 4) is 0 Å². The first-order valence-corrected chi connectivity index (χ1v) is 8.84. The van der Waals surface area contributed by atoms with Gasteiger partial charge in [0, 0.05) is 42.5 Å². The highest BCUT2D eigenvalue weighted by molar-refractivity contribution is 5.89. The van der Waals surface area contributed by atoms with E-state index >= 15 is 0 Å². The SMILES string of the molecule is O=C(N[C@H]1CCn2cncc2C1)C1(c2ccc(F)cc2F)CCCC1. The molecule has 2 aromatic rings. The molecule has 1 aliphatic heterocycles. The Hall–Kier alpha value is -2.24. The normalized spacial score (nSPS) is 21.8. The Labute approximate surface area is 145 Å². The fourth-order valence-corrected chi connectivity index (χ4v) is 4.29. The predicted octanol–water partition coefficient (Wildman–Crippen LogP) is 3.10. The molecule has 0 spiro atoms. The molecule has 2 heterocycles. The summed E-state index contributed by atoms with van der Waals surface area (Å²) in [6.07, 6.45) is 8.15. The average Bonchev–Trinajstić information content (AvgIpc) is 3.24. The van der Waals surface area contributed by atoms with Gasteiger partial charge in [0.2, 0.25) is 5.91 Å². The summed E-state index contributed by atoms with van der Waals surface area (Å²) in [4.78, 5) is 17.3. The van der Waals surface area contributed by atoms with Gasteiger partial charge in [0.25, 0.3) is 0 Å². The Morgan fingerprint density at radius 2 is 2.08 bits per heavy atom. The highest BCUT2D eigenvalue weighted by Crippen LogP contribution is 2.42. The maximum absolute atomic E-state index is 14.4. The fraction of sp³-hybridized carbons (Fsp3) is 0.474. The van der Waals surface area contributed by atoms with Crippen LogP contribution in [0, 0.1) is 11.6 Å². The zero-order chi connectivity index (χ0) is 17.4. The van der Waals surface area contributed by atoms with Crippen molar-refractivity contribution in [2.24, 2.45) is 0 Å². The summed E-state index contributed by atoms with van der Waals surface area (Å²) in [5.41, 5.74) is 0.546. The van der Waals surface area contributed by atoms with Crippen LogP contribution in [-0.2, 0) is 23.2 Å². The number of fused-ring (bicyclic) bond motifs is 1. The molecule has 1 aromatic carbocycles. The number of carbonyl (C=O) groups is 1. The topological polar surface area (TPSA) is 46.9 Å². The molecule has 1 N–H and O–H groups in total. The van der Waals surface area contributed by atoms with E-state index in [1.165, 1.54) is 12.1 Å². The van der Waals surface area contributed by atoms with Crippen molar-refractivity contribution in [3.63, 3.8) is 0 Å². The Balaban J connectivity index is 1.58. The minimum absolute atomic E-state index is 0.0256. The number of benzene rings is 1. The number of hydrogen-bond donors (Lipinski definition) is 1. The van der Waals surface area contributed by atoms with Gasteiger partial charge in [-0.1, -0.05) is 18.9 Å². The number of aryl methyl sites for hydroxylation is 1. The Morgan fingerprint density at radius 1 is 1.28 bits per heavy atom. The van der Waals surface area contributed by atoms with Crippen LogP contribution in [0.3, 0.4) is 0 Å². The lowest BCUT2D eigenvalue weighted by Gasteiger charge is -2.32. The third kappa shape index (κ3) is 2.83. The molecule has 1 aliphatic carbocycles. The van der Waals surface area contributed by atoms with Crippen LogP contribution in [0.15, 0.2) is 30.7 Å². The van der Waals surface area contributed by atoms with Gasteiger partial charge in [0.15, 0.2) is 0 Å². The van der Waals surface area contributed by atoms with Crippen LogP contribution in [0.25, 0.3) is 0 Å². The van der Waals surface area contributed by atoms with Crippen LogP contribution in [-0.4, -0.2) is 21.5 Å². The number of aromatic nitrogens is 2. The number of nitrogens with zero attached hydrogens (tertiary/aromatic N) is 2. The largest absolute Gasteiger partial charge is 0.352 e. The minimum Gasteiger partial charge on any atom is -0.352 e. The lowest BCUT2D eigenvalue weighted by molar-refractivity contribution is -0.127. The lowest BCUT2D eigenvalue weighted by atomic mass is 9.77. The van der Waals surface area contributed by atoms with Crippen molar-refractivity contribution in [1.82, 2.24) is 14.9 Å². The van der Waals surface area contributed by atoms with Crippen molar-refractivity contribution in [2.75, 3.05) is 0 Å². The number of carbonyl (C=O) groups excluding carboxylic acids is 1. The molecule has 1 atom stereocenters. The smallest absolute Gasteiger partial charge is 0.230 e. The average molecular weight is 345 g/mol. The van der Waals surface area contributed by atoms with Crippen molar-refractivity contribution >= 4 is 5.91 Å². The maximum atomic E-state index is 14.4. The van der Waals surface area contributed by atoms with Crippen molar-refractivity contribution in [3.05, 3.63) is 53.6 Å². The Kier molecular flexibility index (Phi) is 4.06. The molecule has 6 heteroatoms. The summed E-state index contributed by atoms with van der Waals surface area (Å²) >= 11 is 0. The van der Waals surface area contributed by atoms with Crippen molar-refractivity contribution in [1.29, 1.82) is 0 Å². The summed E-state index contributed by atoms with van der Waals surface area (Å²) in [6.45, 7) is 0.818. The quantitative estimate of drug-likeness (QED) is 0.929. The van der Waals surface area contributed by atoms with E-state index in [1.54, 1.807) is 6.33 Å². The molecule has 2 aliphatic rings. The van der Waals surface area contributed by atoms with E-state index in [4.69, 9.17) is 0 Å². The molecule has 1 saturated carbocycles. The third-order valence-corrected chi connectivity index (χ3v) is 5.65. The van der Waals surface area contributed by atoms with E-state index in [0.717, 1.165) is 44.0 Å².